The minimum Gasteiger partial charge on any atom is -0.322 e. The maximum absolute atomic E-state index is 12.1. The van der Waals surface area contributed by atoms with Crippen molar-refractivity contribution in [1.82, 2.24) is 9.78 Å². The molecule has 0 aliphatic rings. The Morgan fingerprint density at radius 1 is 1.12 bits per heavy atom. The summed E-state index contributed by atoms with van der Waals surface area (Å²) in [5, 5.41) is 7.23. The van der Waals surface area contributed by atoms with Gasteiger partial charge in [-0.25, -0.2) is 4.68 Å². The van der Waals surface area contributed by atoms with E-state index < -0.39 is 0 Å². The van der Waals surface area contributed by atoms with Crippen molar-refractivity contribution in [3.05, 3.63) is 84.2 Å². The van der Waals surface area contributed by atoms with Crippen molar-refractivity contribution in [2.45, 2.75) is 13.3 Å². The van der Waals surface area contributed by atoms with Gasteiger partial charge in [0.25, 0.3) is 0 Å². The van der Waals surface area contributed by atoms with Crippen LogP contribution in [0.15, 0.2) is 73.1 Å². The van der Waals surface area contributed by atoms with E-state index in [0.29, 0.717) is 0 Å². The van der Waals surface area contributed by atoms with Crippen LogP contribution in [0.25, 0.3) is 11.8 Å². The Morgan fingerprint density at radius 3 is 2.67 bits per heavy atom. The lowest BCUT2D eigenvalue weighted by Gasteiger charge is -2.07. The number of para-hydroxylation sites is 2. The summed E-state index contributed by atoms with van der Waals surface area (Å²) in [6.45, 7) is 2.07. The molecule has 24 heavy (non-hydrogen) atoms. The Morgan fingerprint density at radius 2 is 1.88 bits per heavy atom. The first-order valence-corrected chi connectivity index (χ1v) is 7.93. The third-order valence-electron chi connectivity index (χ3n) is 3.71. The van der Waals surface area contributed by atoms with Crippen molar-refractivity contribution in [2.75, 3.05) is 5.32 Å². The van der Waals surface area contributed by atoms with Crippen LogP contribution in [-0.2, 0) is 11.2 Å². The van der Waals surface area contributed by atoms with Crippen molar-refractivity contribution >= 4 is 17.7 Å². The molecule has 120 valence electrons. The van der Waals surface area contributed by atoms with Gasteiger partial charge in [0, 0.05) is 23.5 Å². The fourth-order valence-electron chi connectivity index (χ4n) is 2.44. The number of carbonyl (C=O) groups is 1. The zero-order valence-corrected chi connectivity index (χ0v) is 13.5. The fraction of sp³-hybridized carbons (Fsp3) is 0.100. The molecule has 0 spiro atoms. The number of anilines is 1. The largest absolute Gasteiger partial charge is 0.322 e. The standard InChI is InChI=1S/C20H19N3O/c1-2-17-8-6-7-11-19(17)22-20(24)13-12-16-14-21-23(15-16)18-9-4-3-5-10-18/h3-15H,2H2,1H3,(H,22,24)/b13-12+. The van der Waals surface area contributed by atoms with Gasteiger partial charge in [-0.2, -0.15) is 5.10 Å². The Balaban J connectivity index is 1.68. The van der Waals surface area contributed by atoms with Gasteiger partial charge in [0.05, 0.1) is 11.9 Å². The lowest BCUT2D eigenvalue weighted by atomic mass is 10.1. The highest BCUT2D eigenvalue weighted by molar-refractivity contribution is 6.02. The number of nitrogens with one attached hydrogen (secondary N) is 1. The molecule has 0 aliphatic heterocycles. The highest BCUT2D eigenvalue weighted by atomic mass is 16.1. The zero-order chi connectivity index (χ0) is 16.8. The van der Waals surface area contributed by atoms with E-state index in [9.17, 15) is 4.79 Å². The number of hydrogen-bond acceptors (Lipinski definition) is 2. The third kappa shape index (κ3) is 3.79. The number of benzene rings is 2. The van der Waals surface area contributed by atoms with E-state index in [2.05, 4.69) is 17.3 Å². The molecule has 1 amide bonds. The first-order valence-electron chi connectivity index (χ1n) is 7.93. The lowest BCUT2D eigenvalue weighted by molar-refractivity contribution is -0.111. The normalized spacial score (nSPS) is 10.9. The Kier molecular flexibility index (Phi) is 4.87. The molecule has 3 rings (SSSR count). The quantitative estimate of drug-likeness (QED) is 0.721. The molecule has 0 radical (unpaired) electrons. The van der Waals surface area contributed by atoms with E-state index in [1.54, 1.807) is 17.0 Å². The van der Waals surface area contributed by atoms with Gasteiger partial charge in [-0.15, -0.1) is 0 Å². The summed E-state index contributed by atoms with van der Waals surface area (Å²) in [5.74, 6) is -0.150. The fourth-order valence-corrected chi connectivity index (χ4v) is 2.44. The molecular formula is C20H19N3O. The number of hydrogen-bond donors (Lipinski definition) is 1. The van der Waals surface area contributed by atoms with Crippen LogP contribution in [0.3, 0.4) is 0 Å². The molecule has 0 atom stereocenters. The average Bonchev–Trinajstić information content (AvgIpc) is 3.10. The first-order chi connectivity index (χ1) is 11.8. The summed E-state index contributed by atoms with van der Waals surface area (Å²) in [7, 11) is 0. The smallest absolute Gasteiger partial charge is 0.248 e. The van der Waals surface area contributed by atoms with E-state index in [1.165, 1.54) is 6.08 Å². The molecular weight excluding hydrogens is 298 g/mol. The number of aryl methyl sites for hydroxylation is 1. The molecule has 1 N–H and O–H groups in total. The summed E-state index contributed by atoms with van der Waals surface area (Å²) in [5.41, 5.74) is 3.84. The Labute approximate surface area is 141 Å². The summed E-state index contributed by atoms with van der Waals surface area (Å²) < 4.78 is 1.78. The molecule has 0 fully saturated rings. The van der Waals surface area contributed by atoms with Crippen molar-refractivity contribution in [3.63, 3.8) is 0 Å². The van der Waals surface area contributed by atoms with Crippen LogP contribution in [0.2, 0.25) is 0 Å². The number of amides is 1. The summed E-state index contributed by atoms with van der Waals surface area (Å²) in [4.78, 5) is 12.1. The lowest BCUT2D eigenvalue weighted by Crippen LogP contribution is -2.09. The molecule has 4 heteroatoms. The van der Waals surface area contributed by atoms with Gasteiger partial charge in [-0.05, 0) is 36.3 Å². The summed E-state index contributed by atoms with van der Waals surface area (Å²) in [6.07, 6.45) is 7.79. The molecule has 1 heterocycles. The SMILES string of the molecule is CCc1ccccc1NC(=O)/C=C/c1cnn(-c2ccccc2)c1. The van der Waals surface area contributed by atoms with E-state index in [4.69, 9.17) is 0 Å². The number of rotatable bonds is 5. The molecule has 2 aromatic carbocycles. The highest BCUT2D eigenvalue weighted by Gasteiger charge is 2.03. The maximum atomic E-state index is 12.1. The van der Waals surface area contributed by atoms with Gasteiger partial charge in [0.15, 0.2) is 0 Å². The number of nitrogens with zero attached hydrogens (tertiary/aromatic N) is 2. The van der Waals surface area contributed by atoms with Crippen LogP contribution in [0, 0.1) is 0 Å². The van der Waals surface area contributed by atoms with Gasteiger partial charge >= 0.3 is 0 Å². The maximum Gasteiger partial charge on any atom is 0.248 e. The van der Waals surface area contributed by atoms with Crippen LogP contribution in [0.4, 0.5) is 5.69 Å². The minimum atomic E-state index is -0.150. The average molecular weight is 317 g/mol. The summed E-state index contributed by atoms with van der Waals surface area (Å²) >= 11 is 0. The van der Waals surface area contributed by atoms with Crippen molar-refractivity contribution in [3.8, 4) is 5.69 Å². The molecule has 1 aromatic heterocycles. The van der Waals surface area contributed by atoms with Gasteiger partial charge in [0.2, 0.25) is 5.91 Å². The minimum absolute atomic E-state index is 0.150. The van der Waals surface area contributed by atoms with Crippen molar-refractivity contribution in [1.29, 1.82) is 0 Å². The monoisotopic (exact) mass is 317 g/mol. The van der Waals surface area contributed by atoms with E-state index in [-0.39, 0.29) is 5.91 Å². The molecule has 0 unspecified atom stereocenters. The second-order valence-corrected chi connectivity index (χ2v) is 5.39. The van der Waals surface area contributed by atoms with E-state index >= 15 is 0 Å². The van der Waals surface area contributed by atoms with Gasteiger partial charge < -0.3 is 5.32 Å². The van der Waals surface area contributed by atoms with Crippen molar-refractivity contribution in [2.24, 2.45) is 0 Å². The Bertz CT molecular complexity index is 850. The first kappa shape index (κ1) is 15.7. The highest BCUT2D eigenvalue weighted by Crippen LogP contribution is 2.15. The summed E-state index contributed by atoms with van der Waals surface area (Å²) in [6, 6.07) is 17.7. The number of carbonyl (C=O) groups excluding carboxylic acids is 1. The molecule has 0 bridgehead atoms. The molecule has 4 nitrogen and oxygen atoms in total. The predicted octanol–water partition coefficient (Wildman–Crippen LogP) is 4.09. The second-order valence-electron chi connectivity index (χ2n) is 5.39. The topological polar surface area (TPSA) is 46.9 Å². The van der Waals surface area contributed by atoms with Crippen LogP contribution in [0.5, 0.6) is 0 Å². The van der Waals surface area contributed by atoms with Crippen LogP contribution in [0.1, 0.15) is 18.1 Å². The molecule has 0 aliphatic carbocycles. The third-order valence-corrected chi connectivity index (χ3v) is 3.71. The molecule has 0 saturated heterocycles. The number of aromatic nitrogens is 2. The second kappa shape index (κ2) is 7.42. The Hall–Kier alpha value is -3.14. The van der Waals surface area contributed by atoms with Crippen LogP contribution < -0.4 is 5.32 Å². The van der Waals surface area contributed by atoms with Crippen LogP contribution in [-0.4, -0.2) is 15.7 Å². The van der Waals surface area contributed by atoms with Crippen LogP contribution >= 0.6 is 0 Å². The molecule has 3 aromatic rings. The van der Waals surface area contributed by atoms with Gasteiger partial charge in [-0.1, -0.05) is 43.3 Å². The van der Waals surface area contributed by atoms with Gasteiger partial charge in [-0.3, -0.25) is 4.79 Å². The van der Waals surface area contributed by atoms with Crippen molar-refractivity contribution < 1.29 is 4.79 Å². The van der Waals surface area contributed by atoms with E-state index in [1.807, 2.05) is 60.8 Å². The van der Waals surface area contributed by atoms with Gasteiger partial charge in [0.1, 0.15) is 0 Å². The predicted molar refractivity (Wildman–Crippen MR) is 97.0 cm³/mol. The molecule has 0 saturated carbocycles. The zero-order valence-electron chi connectivity index (χ0n) is 13.5. The van der Waals surface area contributed by atoms with E-state index in [0.717, 1.165) is 28.9 Å².